The normalized spacial score (nSPS) is 21.5. The molecule has 8 nitrogen and oxygen atoms in total. The molecule has 3 amide bonds. The number of anilines is 1. The number of halogens is 1. The highest BCUT2D eigenvalue weighted by molar-refractivity contribution is 7.91. The minimum atomic E-state index is -3.33. The summed E-state index contributed by atoms with van der Waals surface area (Å²) in [7, 11) is -3.33. The SMILES string of the molecule is CCOc1ccc(N2C(=O)N(CC(=O)NCc3ccccc3Cl)C3CS(=O)(=O)CC32)cc1. The van der Waals surface area contributed by atoms with Crippen molar-refractivity contribution >= 4 is 39.1 Å². The molecule has 2 aromatic rings. The van der Waals surface area contributed by atoms with Crippen LogP contribution in [0.4, 0.5) is 10.5 Å². The third-order valence-corrected chi connectivity index (χ3v) is 7.72. The quantitative estimate of drug-likeness (QED) is 0.618. The molecule has 0 spiro atoms. The van der Waals surface area contributed by atoms with E-state index in [2.05, 4.69) is 5.32 Å². The van der Waals surface area contributed by atoms with Crippen molar-refractivity contribution in [1.29, 1.82) is 0 Å². The number of carbonyl (C=O) groups excluding carboxylic acids is 2. The molecule has 2 aliphatic heterocycles. The molecule has 32 heavy (non-hydrogen) atoms. The molecule has 4 rings (SSSR count). The van der Waals surface area contributed by atoms with E-state index in [4.69, 9.17) is 16.3 Å². The van der Waals surface area contributed by atoms with Gasteiger partial charge in [0, 0.05) is 17.3 Å². The van der Waals surface area contributed by atoms with E-state index in [0.717, 1.165) is 5.56 Å². The molecule has 2 unspecified atom stereocenters. The van der Waals surface area contributed by atoms with Crippen molar-refractivity contribution in [2.45, 2.75) is 25.6 Å². The number of benzene rings is 2. The van der Waals surface area contributed by atoms with Gasteiger partial charge >= 0.3 is 6.03 Å². The van der Waals surface area contributed by atoms with Gasteiger partial charge < -0.3 is 15.0 Å². The fourth-order valence-electron chi connectivity index (χ4n) is 4.18. The lowest BCUT2D eigenvalue weighted by Crippen LogP contribution is -2.44. The average molecular weight is 478 g/mol. The van der Waals surface area contributed by atoms with Gasteiger partial charge in [-0.25, -0.2) is 13.2 Å². The number of ether oxygens (including phenoxy) is 1. The maximum Gasteiger partial charge on any atom is 0.325 e. The summed E-state index contributed by atoms with van der Waals surface area (Å²) in [6.45, 7) is 2.38. The van der Waals surface area contributed by atoms with E-state index in [-0.39, 0.29) is 36.5 Å². The number of hydrogen-bond acceptors (Lipinski definition) is 5. The summed E-state index contributed by atoms with van der Waals surface area (Å²) in [5.41, 5.74) is 1.33. The van der Waals surface area contributed by atoms with Crippen LogP contribution in [0.1, 0.15) is 12.5 Å². The first-order chi connectivity index (χ1) is 15.3. The maximum atomic E-state index is 13.2. The number of nitrogens with one attached hydrogen (secondary N) is 1. The topological polar surface area (TPSA) is 96.0 Å². The molecular formula is C22H24ClN3O5S. The van der Waals surface area contributed by atoms with Crippen LogP contribution in [0.25, 0.3) is 0 Å². The zero-order valence-corrected chi connectivity index (χ0v) is 19.1. The lowest BCUT2D eigenvalue weighted by molar-refractivity contribution is -0.122. The molecule has 0 saturated carbocycles. The van der Waals surface area contributed by atoms with Gasteiger partial charge in [-0.05, 0) is 42.8 Å². The zero-order chi connectivity index (χ0) is 22.9. The third-order valence-electron chi connectivity index (χ3n) is 5.65. The smallest absolute Gasteiger partial charge is 0.325 e. The van der Waals surface area contributed by atoms with Crippen molar-refractivity contribution in [3.05, 3.63) is 59.1 Å². The highest BCUT2D eigenvalue weighted by Crippen LogP contribution is 2.35. The summed E-state index contributed by atoms with van der Waals surface area (Å²) < 4.78 is 30.1. The van der Waals surface area contributed by atoms with Crippen molar-refractivity contribution in [2.24, 2.45) is 0 Å². The number of urea groups is 1. The summed E-state index contributed by atoms with van der Waals surface area (Å²) in [6, 6.07) is 12.6. The fourth-order valence-corrected chi connectivity index (χ4v) is 6.33. The first-order valence-corrected chi connectivity index (χ1v) is 12.5. The highest BCUT2D eigenvalue weighted by atomic mass is 35.5. The van der Waals surface area contributed by atoms with Gasteiger partial charge in [-0.2, -0.15) is 0 Å². The van der Waals surface area contributed by atoms with Crippen LogP contribution < -0.4 is 15.0 Å². The standard InChI is InChI=1S/C22H24ClN3O5S/c1-2-31-17-9-7-16(8-10-17)26-20-14-32(29,30)13-19(20)25(22(26)28)12-21(27)24-11-15-5-3-4-6-18(15)23/h3-10,19-20H,2,11-14H2,1H3,(H,24,27). The zero-order valence-electron chi connectivity index (χ0n) is 17.5. The van der Waals surface area contributed by atoms with E-state index in [1.165, 1.54) is 9.80 Å². The minimum Gasteiger partial charge on any atom is -0.494 e. The van der Waals surface area contributed by atoms with Gasteiger partial charge in [-0.1, -0.05) is 29.8 Å². The molecule has 170 valence electrons. The molecule has 2 atom stereocenters. The van der Waals surface area contributed by atoms with Crippen LogP contribution in [-0.4, -0.2) is 62.0 Å². The molecule has 10 heteroatoms. The van der Waals surface area contributed by atoms with Crippen molar-refractivity contribution in [1.82, 2.24) is 10.2 Å². The lowest BCUT2D eigenvalue weighted by atomic mass is 10.1. The van der Waals surface area contributed by atoms with E-state index in [1.54, 1.807) is 42.5 Å². The van der Waals surface area contributed by atoms with Gasteiger partial charge in [-0.15, -0.1) is 0 Å². The number of rotatable bonds is 7. The Bertz CT molecular complexity index is 1120. The molecule has 0 aliphatic carbocycles. The first kappa shape index (κ1) is 22.4. The van der Waals surface area contributed by atoms with Crippen LogP contribution in [-0.2, 0) is 21.2 Å². The minimum absolute atomic E-state index is 0.131. The number of fused-ring (bicyclic) bond motifs is 1. The summed E-state index contributed by atoms with van der Waals surface area (Å²) in [6.07, 6.45) is 0. The van der Waals surface area contributed by atoms with Gasteiger partial charge in [0.15, 0.2) is 9.84 Å². The summed E-state index contributed by atoms with van der Waals surface area (Å²) >= 11 is 6.13. The average Bonchev–Trinajstić information content (AvgIpc) is 3.18. The molecule has 0 bridgehead atoms. The predicted octanol–water partition coefficient (Wildman–Crippen LogP) is 2.46. The van der Waals surface area contributed by atoms with Crippen LogP contribution in [0, 0.1) is 0 Å². The lowest BCUT2D eigenvalue weighted by Gasteiger charge is -2.22. The molecule has 1 N–H and O–H groups in total. The molecule has 0 radical (unpaired) electrons. The molecular weight excluding hydrogens is 454 g/mol. The first-order valence-electron chi connectivity index (χ1n) is 10.3. The maximum absolute atomic E-state index is 13.2. The van der Waals surface area contributed by atoms with E-state index in [9.17, 15) is 18.0 Å². The Morgan fingerprint density at radius 3 is 2.50 bits per heavy atom. The number of carbonyl (C=O) groups is 2. The second-order valence-corrected chi connectivity index (χ2v) is 10.3. The summed E-state index contributed by atoms with van der Waals surface area (Å²) in [5.74, 6) is -0.00697. The molecule has 2 aliphatic rings. The van der Waals surface area contributed by atoms with E-state index in [1.807, 2.05) is 13.0 Å². The van der Waals surface area contributed by atoms with E-state index < -0.39 is 21.9 Å². The Balaban J connectivity index is 1.51. The summed E-state index contributed by atoms with van der Waals surface area (Å²) in [5, 5.41) is 3.30. The Morgan fingerprint density at radius 1 is 1.12 bits per heavy atom. The van der Waals surface area contributed by atoms with Crippen LogP contribution in [0.3, 0.4) is 0 Å². The number of nitrogens with zero attached hydrogens (tertiary/aromatic N) is 2. The van der Waals surface area contributed by atoms with Gasteiger partial charge in [0.1, 0.15) is 12.3 Å². The van der Waals surface area contributed by atoms with Crippen LogP contribution >= 0.6 is 11.6 Å². The van der Waals surface area contributed by atoms with Crippen LogP contribution in [0.5, 0.6) is 5.75 Å². The molecule has 0 aromatic heterocycles. The molecule has 2 saturated heterocycles. The van der Waals surface area contributed by atoms with Crippen molar-refractivity contribution in [2.75, 3.05) is 29.6 Å². The van der Waals surface area contributed by atoms with Crippen LogP contribution in [0.15, 0.2) is 48.5 Å². The molecule has 2 fully saturated rings. The van der Waals surface area contributed by atoms with E-state index >= 15 is 0 Å². The van der Waals surface area contributed by atoms with Crippen LogP contribution in [0.2, 0.25) is 5.02 Å². The number of hydrogen-bond donors (Lipinski definition) is 1. The van der Waals surface area contributed by atoms with E-state index in [0.29, 0.717) is 23.1 Å². The third kappa shape index (κ3) is 4.54. The molecule has 2 aromatic carbocycles. The fraction of sp³-hybridized carbons (Fsp3) is 0.364. The molecule has 2 heterocycles. The summed E-state index contributed by atoms with van der Waals surface area (Å²) in [4.78, 5) is 28.7. The Hall–Kier alpha value is -2.78. The Labute approximate surface area is 192 Å². The Morgan fingerprint density at radius 2 is 1.81 bits per heavy atom. The Kier molecular flexibility index (Phi) is 6.30. The van der Waals surface area contributed by atoms with Gasteiger partial charge in [0.25, 0.3) is 0 Å². The highest BCUT2D eigenvalue weighted by Gasteiger charge is 2.54. The van der Waals surface area contributed by atoms with Gasteiger partial charge in [-0.3, -0.25) is 9.69 Å². The van der Waals surface area contributed by atoms with Gasteiger partial charge in [0.05, 0.1) is 30.2 Å². The van der Waals surface area contributed by atoms with Crippen molar-refractivity contribution in [3.63, 3.8) is 0 Å². The van der Waals surface area contributed by atoms with Crippen molar-refractivity contribution in [3.8, 4) is 5.75 Å². The monoisotopic (exact) mass is 477 g/mol. The second-order valence-electron chi connectivity index (χ2n) is 7.79. The second kappa shape index (κ2) is 8.99. The van der Waals surface area contributed by atoms with Gasteiger partial charge in [0.2, 0.25) is 5.91 Å². The predicted molar refractivity (Wildman–Crippen MR) is 122 cm³/mol. The number of sulfone groups is 1. The van der Waals surface area contributed by atoms with Crippen molar-refractivity contribution < 1.29 is 22.7 Å². The number of amides is 3. The largest absolute Gasteiger partial charge is 0.494 e.